The Hall–Kier alpha value is -1.06. The van der Waals surface area contributed by atoms with Gasteiger partial charge in [0.1, 0.15) is 5.75 Å². The van der Waals surface area contributed by atoms with E-state index in [1.807, 2.05) is 12.1 Å². The third-order valence-corrected chi connectivity index (χ3v) is 5.08. The predicted octanol–water partition coefficient (Wildman–Crippen LogP) is 3.45. The molecule has 1 saturated heterocycles. The quantitative estimate of drug-likeness (QED) is 0.903. The van der Waals surface area contributed by atoms with Gasteiger partial charge in [0.15, 0.2) is 0 Å². The molecule has 1 aromatic rings. The molecule has 2 N–H and O–H groups in total. The second-order valence-corrected chi connectivity index (χ2v) is 6.72. The number of rotatable bonds is 5. The average molecular weight is 289 g/mol. The fourth-order valence-electron chi connectivity index (χ4n) is 3.93. The first-order valence-electron chi connectivity index (χ1n) is 8.25. The van der Waals surface area contributed by atoms with Gasteiger partial charge < -0.3 is 15.2 Å². The van der Waals surface area contributed by atoms with E-state index in [0.29, 0.717) is 6.10 Å². The van der Waals surface area contributed by atoms with Crippen LogP contribution in [0.15, 0.2) is 24.3 Å². The number of ether oxygens (including phenoxy) is 2. The van der Waals surface area contributed by atoms with E-state index in [-0.39, 0.29) is 11.6 Å². The highest BCUT2D eigenvalue weighted by molar-refractivity contribution is 5.27. The molecule has 0 amide bonds. The summed E-state index contributed by atoms with van der Waals surface area (Å²) in [6.07, 6.45) is 9.90. The molecule has 0 aromatic heterocycles. The number of hydrogen-bond acceptors (Lipinski definition) is 3. The monoisotopic (exact) mass is 289 g/mol. The zero-order valence-electron chi connectivity index (χ0n) is 13.0. The van der Waals surface area contributed by atoms with Gasteiger partial charge in [0.2, 0.25) is 0 Å². The molecule has 21 heavy (non-hydrogen) atoms. The van der Waals surface area contributed by atoms with Crippen molar-refractivity contribution in [2.75, 3.05) is 7.11 Å². The Morgan fingerprint density at radius 2 is 1.95 bits per heavy atom. The van der Waals surface area contributed by atoms with Crippen LogP contribution in [0.4, 0.5) is 0 Å². The molecule has 3 rings (SSSR count). The topological polar surface area (TPSA) is 44.5 Å². The molecule has 1 saturated carbocycles. The van der Waals surface area contributed by atoms with Crippen LogP contribution < -0.4 is 10.5 Å². The lowest BCUT2D eigenvalue weighted by molar-refractivity contribution is -0.0407. The van der Waals surface area contributed by atoms with E-state index in [9.17, 15) is 0 Å². The normalized spacial score (nSPS) is 25.3. The van der Waals surface area contributed by atoms with Gasteiger partial charge in [-0.1, -0.05) is 25.0 Å². The first kappa shape index (κ1) is 14.9. The van der Waals surface area contributed by atoms with Crippen molar-refractivity contribution in [3.05, 3.63) is 29.8 Å². The Morgan fingerprint density at radius 1 is 1.24 bits per heavy atom. The number of benzene rings is 1. The van der Waals surface area contributed by atoms with E-state index in [2.05, 4.69) is 12.1 Å². The second-order valence-electron chi connectivity index (χ2n) is 6.72. The van der Waals surface area contributed by atoms with Gasteiger partial charge in [0.05, 0.1) is 18.8 Å². The van der Waals surface area contributed by atoms with E-state index in [1.54, 1.807) is 7.11 Å². The third kappa shape index (κ3) is 3.58. The predicted molar refractivity (Wildman–Crippen MR) is 84.6 cm³/mol. The van der Waals surface area contributed by atoms with Crippen LogP contribution in [0.1, 0.15) is 50.5 Å². The van der Waals surface area contributed by atoms with Crippen LogP contribution in [-0.4, -0.2) is 24.9 Å². The molecule has 116 valence electrons. The molecule has 1 aliphatic heterocycles. The van der Waals surface area contributed by atoms with Crippen molar-refractivity contribution in [1.29, 1.82) is 0 Å². The molecule has 3 nitrogen and oxygen atoms in total. The Balaban J connectivity index is 1.48. The Morgan fingerprint density at radius 3 is 2.62 bits per heavy atom. The van der Waals surface area contributed by atoms with Crippen LogP contribution in [-0.2, 0) is 11.2 Å². The molecule has 3 heteroatoms. The average Bonchev–Trinajstić information content (AvgIpc) is 3.10. The van der Waals surface area contributed by atoms with Gasteiger partial charge in [-0.15, -0.1) is 0 Å². The van der Waals surface area contributed by atoms with Crippen molar-refractivity contribution >= 4 is 0 Å². The highest BCUT2D eigenvalue weighted by Gasteiger charge is 2.42. The van der Waals surface area contributed by atoms with Gasteiger partial charge in [-0.3, -0.25) is 0 Å². The highest BCUT2D eigenvalue weighted by Crippen LogP contribution is 2.44. The van der Waals surface area contributed by atoms with Crippen molar-refractivity contribution in [2.45, 2.75) is 69.1 Å². The standard InChI is InChI=1S/C18H27NO2/c1-20-16-6-4-14(5-7-16)12-15(19)13-17-8-11-18(21-17)9-2-3-10-18/h4-7,15,17H,2-3,8-13,19H2,1H3. The molecule has 0 radical (unpaired) electrons. The summed E-state index contributed by atoms with van der Waals surface area (Å²) in [4.78, 5) is 0. The second kappa shape index (κ2) is 6.37. The summed E-state index contributed by atoms with van der Waals surface area (Å²) in [5, 5.41) is 0. The van der Waals surface area contributed by atoms with Crippen LogP contribution in [0.5, 0.6) is 5.75 Å². The molecule has 1 spiro atoms. The van der Waals surface area contributed by atoms with Gasteiger partial charge in [-0.25, -0.2) is 0 Å². The number of nitrogens with two attached hydrogens (primary N) is 1. The molecule has 2 fully saturated rings. The molecule has 1 aliphatic carbocycles. The number of hydrogen-bond donors (Lipinski definition) is 1. The zero-order valence-corrected chi connectivity index (χ0v) is 13.0. The molecular formula is C18H27NO2. The molecule has 0 bridgehead atoms. The Bertz CT molecular complexity index is 451. The van der Waals surface area contributed by atoms with E-state index in [0.717, 1.165) is 18.6 Å². The largest absolute Gasteiger partial charge is 0.497 e. The maximum atomic E-state index is 6.35. The third-order valence-electron chi connectivity index (χ3n) is 5.08. The molecule has 1 aromatic carbocycles. The minimum atomic E-state index is 0.181. The summed E-state index contributed by atoms with van der Waals surface area (Å²) >= 11 is 0. The van der Waals surface area contributed by atoms with Crippen molar-refractivity contribution in [3.8, 4) is 5.75 Å². The highest BCUT2D eigenvalue weighted by atomic mass is 16.5. The first-order chi connectivity index (χ1) is 10.2. The summed E-state index contributed by atoms with van der Waals surface area (Å²) in [5.41, 5.74) is 7.83. The van der Waals surface area contributed by atoms with E-state index in [4.69, 9.17) is 15.2 Å². The summed E-state index contributed by atoms with van der Waals surface area (Å²) in [6, 6.07) is 8.39. The Kier molecular flexibility index (Phi) is 4.51. The zero-order chi connectivity index (χ0) is 14.7. The number of methoxy groups -OCH3 is 1. The first-order valence-corrected chi connectivity index (χ1v) is 8.25. The van der Waals surface area contributed by atoms with Gasteiger partial charge in [0, 0.05) is 6.04 Å². The SMILES string of the molecule is COc1ccc(CC(N)CC2CCC3(CCCC3)O2)cc1. The lowest BCUT2D eigenvalue weighted by Crippen LogP contribution is -2.31. The van der Waals surface area contributed by atoms with Crippen molar-refractivity contribution < 1.29 is 9.47 Å². The van der Waals surface area contributed by atoms with Crippen LogP contribution >= 0.6 is 0 Å². The molecule has 1 heterocycles. The Labute approximate surface area is 127 Å². The minimum absolute atomic E-state index is 0.181. The molecule has 2 aliphatic rings. The van der Waals surface area contributed by atoms with Gasteiger partial charge in [-0.05, 0) is 56.2 Å². The van der Waals surface area contributed by atoms with Gasteiger partial charge in [0.25, 0.3) is 0 Å². The molecule has 2 unspecified atom stereocenters. The van der Waals surface area contributed by atoms with Crippen molar-refractivity contribution in [3.63, 3.8) is 0 Å². The van der Waals surface area contributed by atoms with Crippen LogP contribution in [0.3, 0.4) is 0 Å². The maximum Gasteiger partial charge on any atom is 0.118 e. The van der Waals surface area contributed by atoms with Crippen LogP contribution in [0, 0.1) is 0 Å². The molecular weight excluding hydrogens is 262 g/mol. The molecule has 2 atom stereocenters. The van der Waals surface area contributed by atoms with Crippen molar-refractivity contribution in [1.82, 2.24) is 0 Å². The fraction of sp³-hybridized carbons (Fsp3) is 0.667. The summed E-state index contributed by atoms with van der Waals surface area (Å²) in [5.74, 6) is 0.898. The van der Waals surface area contributed by atoms with E-state index >= 15 is 0 Å². The van der Waals surface area contributed by atoms with Crippen molar-refractivity contribution in [2.24, 2.45) is 5.73 Å². The lowest BCUT2D eigenvalue weighted by atomic mass is 9.96. The summed E-state index contributed by atoms with van der Waals surface area (Å²) < 4.78 is 11.5. The van der Waals surface area contributed by atoms with Gasteiger partial charge >= 0.3 is 0 Å². The lowest BCUT2D eigenvalue weighted by Gasteiger charge is -2.25. The minimum Gasteiger partial charge on any atom is -0.497 e. The summed E-state index contributed by atoms with van der Waals surface area (Å²) in [7, 11) is 1.69. The summed E-state index contributed by atoms with van der Waals surface area (Å²) in [6.45, 7) is 0. The van der Waals surface area contributed by atoms with E-state index < -0.39 is 0 Å². The maximum absolute atomic E-state index is 6.35. The van der Waals surface area contributed by atoms with Crippen LogP contribution in [0.2, 0.25) is 0 Å². The van der Waals surface area contributed by atoms with E-state index in [1.165, 1.54) is 44.1 Å². The smallest absolute Gasteiger partial charge is 0.118 e. The van der Waals surface area contributed by atoms with Gasteiger partial charge in [-0.2, -0.15) is 0 Å². The van der Waals surface area contributed by atoms with Crippen LogP contribution in [0.25, 0.3) is 0 Å². The fourth-order valence-corrected chi connectivity index (χ4v) is 3.93.